The van der Waals surface area contributed by atoms with Crippen LogP contribution < -0.4 is 5.73 Å². The molecule has 4 atom stereocenters. The van der Waals surface area contributed by atoms with Gasteiger partial charge in [0.05, 0.1) is 6.61 Å². The number of aldehydes is 1. The van der Waals surface area contributed by atoms with Crippen LogP contribution in [0.1, 0.15) is 0 Å². The minimum atomic E-state index is -2.66. The van der Waals surface area contributed by atoms with E-state index in [0.717, 1.165) is 18.0 Å². The maximum absolute atomic E-state index is 11.9. The van der Waals surface area contributed by atoms with Gasteiger partial charge in [0.25, 0.3) is 11.5 Å². The van der Waals surface area contributed by atoms with Crippen molar-refractivity contribution in [2.24, 2.45) is 0 Å². The molecule has 0 amide bonds. The molecule has 1 aliphatic rings. The normalized spacial score (nSPS) is 31.4. The largest absolute Gasteiger partial charge is 0.473 e. The predicted molar refractivity (Wildman–Crippen MR) is 80.4 cm³/mol. The van der Waals surface area contributed by atoms with E-state index in [0.29, 0.717) is 0 Å². The fourth-order valence-electron chi connectivity index (χ4n) is 2.88. The van der Waals surface area contributed by atoms with E-state index in [2.05, 4.69) is 15.0 Å². The van der Waals surface area contributed by atoms with Crippen LogP contribution in [-0.4, -0.2) is 77.8 Å². The van der Waals surface area contributed by atoms with Gasteiger partial charge in [-0.15, -0.1) is 0 Å². The number of aromatic nitrogens is 4. The lowest BCUT2D eigenvalue weighted by atomic mass is 9.98. The number of carbonyl (C=O) groups is 1. The topological polar surface area (TPSA) is 209 Å². The number of methoxy groups -OCH3 is 1. The van der Waals surface area contributed by atoms with Gasteiger partial charge in [-0.25, -0.2) is 4.98 Å². The summed E-state index contributed by atoms with van der Waals surface area (Å²) in [5.74, 6) is -3.89. The Hall–Kier alpha value is -2.78. The molecule has 0 aliphatic carbocycles. The lowest BCUT2D eigenvalue weighted by Crippen LogP contribution is -2.59. The highest BCUT2D eigenvalue weighted by Gasteiger charge is 2.68. The number of nitrogens with zero attached hydrogens (tertiary/aromatic N) is 5. The molecular weight excluding hydrogens is 356 g/mol. The van der Waals surface area contributed by atoms with Crippen molar-refractivity contribution in [2.45, 2.75) is 23.7 Å². The van der Waals surface area contributed by atoms with Crippen LogP contribution in [0.25, 0.3) is 11.2 Å². The van der Waals surface area contributed by atoms with E-state index in [1.807, 2.05) is 0 Å². The Balaban J connectivity index is 2.32. The molecule has 2 aromatic rings. The fourth-order valence-corrected chi connectivity index (χ4v) is 2.88. The number of aliphatic hydroxyl groups excluding tert-OH is 2. The van der Waals surface area contributed by atoms with Crippen molar-refractivity contribution in [3.8, 4) is 0 Å². The van der Waals surface area contributed by atoms with Crippen molar-refractivity contribution in [1.82, 2.24) is 19.5 Å². The first kappa shape index (κ1) is 18.0. The lowest BCUT2D eigenvalue weighted by molar-refractivity contribution is -0.394. The van der Waals surface area contributed by atoms with Crippen LogP contribution in [0.4, 0.5) is 11.8 Å². The van der Waals surface area contributed by atoms with Gasteiger partial charge in [0.2, 0.25) is 11.5 Å². The van der Waals surface area contributed by atoms with E-state index in [1.54, 1.807) is 0 Å². The lowest BCUT2D eigenvalue weighted by Gasteiger charge is -2.36. The van der Waals surface area contributed by atoms with Crippen molar-refractivity contribution in [1.29, 1.82) is 0 Å². The van der Waals surface area contributed by atoms with Crippen LogP contribution >= 0.6 is 0 Å². The average Bonchev–Trinajstić information content (AvgIpc) is 3.15. The Bertz CT molecular complexity index is 888. The smallest absolute Gasteiger partial charge is 0.394 e. The van der Waals surface area contributed by atoms with Crippen molar-refractivity contribution >= 4 is 29.2 Å². The maximum atomic E-state index is 11.9. The Morgan fingerprint density at radius 1 is 1.58 bits per heavy atom. The summed E-state index contributed by atoms with van der Waals surface area (Å²) in [5.41, 5.74) is 2.74. The minimum absolute atomic E-state index is 0.0978. The SMILES string of the molecule is CO[C@@]1(O)[C@H](O)[C@@H](CO)O[C@@]1(C=O)n1cnc2c(N)nc([N+](=O)[O-])nc21. The third-order valence-electron chi connectivity index (χ3n) is 4.18. The molecule has 0 saturated carbocycles. The number of ether oxygens (including phenoxy) is 2. The number of hydrogen-bond donors (Lipinski definition) is 4. The molecule has 0 radical (unpaired) electrons. The van der Waals surface area contributed by atoms with E-state index >= 15 is 0 Å². The first-order valence-electron chi connectivity index (χ1n) is 7.11. The number of hydrogen-bond acceptors (Lipinski definition) is 12. The molecule has 1 fully saturated rings. The Labute approximate surface area is 144 Å². The quantitative estimate of drug-likeness (QED) is 0.183. The van der Waals surface area contributed by atoms with E-state index in [1.165, 1.54) is 0 Å². The number of nitro groups is 1. The number of nitrogens with two attached hydrogens (primary N) is 1. The Morgan fingerprint density at radius 2 is 2.27 bits per heavy atom. The van der Waals surface area contributed by atoms with E-state index in [-0.39, 0.29) is 23.3 Å². The van der Waals surface area contributed by atoms with Gasteiger partial charge in [0, 0.05) is 7.11 Å². The van der Waals surface area contributed by atoms with Crippen LogP contribution in [0.2, 0.25) is 0 Å². The first-order valence-corrected chi connectivity index (χ1v) is 7.11. The number of anilines is 1. The molecular formula is C12H14N6O8. The summed E-state index contributed by atoms with van der Waals surface area (Å²) in [7, 11) is 0.996. The molecule has 3 heterocycles. The third-order valence-corrected chi connectivity index (χ3v) is 4.18. The average molecular weight is 370 g/mol. The molecule has 1 saturated heterocycles. The van der Waals surface area contributed by atoms with E-state index < -0.39 is 41.2 Å². The zero-order chi connectivity index (χ0) is 19.3. The van der Waals surface area contributed by atoms with Crippen molar-refractivity contribution < 1.29 is 34.5 Å². The molecule has 140 valence electrons. The highest BCUT2D eigenvalue weighted by molar-refractivity contribution is 5.83. The fraction of sp³-hybridized carbons (Fsp3) is 0.500. The van der Waals surface area contributed by atoms with Gasteiger partial charge in [-0.05, 0) is 14.9 Å². The molecule has 14 nitrogen and oxygen atoms in total. The molecule has 5 N–H and O–H groups in total. The van der Waals surface area contributed by atoms with Gasteiger partial charge in [-0.1, -0.05) is 0 Å². The zero-order valence-electron chi connectivity index (χ0n) is 13.2. The number of nitrogen functional groups attached to an aromatic ring is 1. The van der Waals surface area contributed by atoms with E-state index in [9.17, 15) is 30.2 Å². The summed E-state index contributed by atoms with van der Waals surface area (Å²) in [6.45, 7) is -0.758. The standard InChI is InChI=1S/C12H14N6O8/c1-25-12(22)7(21)5(2-19)26-11(12,3-20)17-4-14-6-8(13)15-10(18(23)24)16-9(6)17/h3-5,7,19,21-22H,2H2,1H3,(H2,13,15,16)/t5-,7-,11-,12+/m1/s1. The maximum Gasteiger partial charge on any atom is 0.473 e. The molecule has 3 rings (SSSR count). The van der Waals surface area contributed by atoms with Crippen LogP contribution in [0.15, 0.2) is 6.33 Å². The second kappa shape index (κ2) is 5.89. The second-order valence-corrected chi connectivity index (χ2v) is 5.45. The van der Waals surface area contributed by atoms with Gasteiger partial charge in [-0.2, -0.15) is 0 Å². The van der Waals surface area contributed by atoms with Gasteiger partial charge >= 0.3 is 5.95 Å². The molecule has 0 aromatic carbocycles. The van der Waals surface area contributed by atoms with Crippen LogP contribution in [0, 0.1) is 10.1 Å². The molecule has 14 heteroatoms. The molecule has 0 unspecified atom stereocenters. The number of aliphatic hydroxyl groups is 3. The monoisotopic (exact) mass is 370 g/mol. The Morgan fingerprint density at radius 3 is 2.81 bits per heavy atom. The number of rotatable bonds is 5. The van der Waals surface area contributed by atoms with Crippen LogP contribution in [-0.2, 0) is 20.0 Å². The minimum Gasteiger partial charge on any atom is -0.394 e. The summed E-state index contributed by atoms with van der Waals surface area (Å²) in [6.07, 6.45) is -2.18. The van der Waals surface area contributed by atoms with Gasteiger partial charge in [-0.3, -0.25) is 9.36 Å². The van der Waals surface area contributed by atoms with Crippen LogP contribution in [0.3, 0.4) is 0 Å². The predicted octanol–water partition coefficient (Wildman–Crippen LogP) is -2.74. The summed E-state index contributed by atoms with van der Waals surface area (Å²) < 4.78 is 11.1. The summed E-state index contributed by atoms with van der Waals surface area (Å²) in [5, 5.41) is 41.3. The first-order chi connectivity index (χ1) is 12.3. The van der Waals surface area contributed by atoms with Gasteiger partial charge in [0.1, 0.15) is 18.5 Å². The number of imidazole rings is 1. The highest BCUT2D eigenvalue weighted by atomic mass is 16.7. The van der Waals surface area contributed by atoms with Crippen LogP contribution in [0.5, 0.6) is 0 Å². The Kier molecular flexibility index (Phi) is 4.08. The zero-order valence-corrected chi connectivity index (χ0v) is 13.2. The molecule has 0 spiro atoms. The van der Waals surface area contributed by atoms with Crippen molar-refractivity contribution in [3.05, 3.63) is 16.4 Å². The van der Waals surface area contributed by atoms with Gasteiger partial charge < -0.3 is 40.6 Å². The summed E-state index contributed by atoms with van der Waals surface area (Å²) in [4.78, 5) is 33.0. The van der Waals surface area contributed by atoms with Gasteiger partial charge in [0.15, 0.2) is 11.8 Å². The number of fused-ring (bicyclic) bond motifs is 1. The van der Waals surface area contributed by atoms with E-state index in [4.69, 9.17) is 15.2 Å². The molecule has 1 aliphatic heterocycles. The van der Waals surface area contributed by atoms with Crippen molar-refractivity contribution in [3.63, 3.8) is 0 Å². The number of carbonyl (C=O) groups excluding carboxylic acids is 1. The highest BCUT2D eigenvalue weighted by Crippen LogP contribution is 2.44. The second-order valence-electron chi connectivity index (χ2n) is 5.45. The summed E-state index contributed by atoms with van der Waals surface area (Å²) in [6, 6.07) is 0. The van der Waals surface area contributed by atoms with Crippen molar-refractivity contribution in [2.75, 3.05) is 19.5 Å². The summed E-state index contributed by atoms with van der Waals surface area (Å²) >= 11 is 0. The molecule has 0 bridgehead atoms. The third kappa shape index (κ3) is 2.10. The molecule has 2 aromatic heterocycles. The molecule has 26 heavy (non-hydrogen) atoms.